The zero-order valence-corrected chi connectivity index (χ0v) is 18.4. The first-order chi connectivity index (χ1) is 14.2. The molecule has 2 N–H and O–H groups in total. The highest BCUT2D eigenvalue weighted by Gasteiger charge is 2.30. The van der Waals surface area contributed by atoms with Crippen molar-refractivity contribution in [3.05, 3.63) is 59.2 Å². The molecular weight excluding hydrogens is 400 g/mol. The zero-order valence-electron chi connectivity index (χ0n) is 17.7. The third-order valence-corrected chi connectivity index (χ3v) is 6.52. The molecule has 0 spiro atoms. The second-order valence-electron chi connectivity index (χ2n) is 8.08. The summed E-state index contributed by atoms with van der Waals surface area (Å²) in [5, 5.41) is 5.74. The van der Waals surface area contributed by atoms with Crippen LogP contribution >= 0.6 is 11.6 Å². The van der Waals surface area contributed by atoms with E-state index in [1.165, 1.54) is 5.56 Å². The molecule has 0 bridgehead atoms. The molecule has 2 amide bonds. The number of Topliss-reactive ketones (excluding diaryl/α,β-unsaturated/α-hetero) is 1. The average Bonchev–Trinajstić information content (AvgIpc) is 2.76. The van der Waals surface area contributed by atoms with Crippen molar-refractivity contribution in [1.82, 2.24) is 0 Å². The van der Waals surface area contributed by atoms with Crippen molar-refractivity contribution in [2.75, 3.05) is 16.5 Å². The molecule has 2 aliphatic heterocycles. The number of halogens is 1. The van der Waals surface area contributed by atoms with Crippen LogP contribution in [0.3, 0.4) is 0 Å². The molecule has 0 saturated heterocycles. The highest BCUT2D eigenvalue weighted by atomic mass is 35.5. The van der Waals surface area contributed by atoms with E-state index in [0.29, 0.717) is 11.5 Å². The van der Waals surface area contributed by atoms with Gasteiger partial charge in [0, 0.05) is 28.8 Å². The van der Waals surface area contributed by atoms with Gasteiger partial charge in [0.15, 0.2) is 5.78 Å². The van der Waals surface area contributed by atoms with E-state index in [2.05, 4.69) is 23.6 Å². The van der Waals surface area contributed by atoms with E-state index >= 15 is 0 Å². The van der Waals surface area contributed by atoms with Crippen LogP contribution in [0, 0.1) is 11.8 Å². The molecule has 0 aliphatic carbocycles. The smallest absolute Gasteiger partial charge is 0.227 e. The molecule has 4 atom stereocenters. The lowest BCUT2D eigenvalue weighted by Crippen LogP contribution is -2.30. The summed E-state index contributed by atoms with van der Waals surface area (Å²) >= 11 is 5.54. The predicted molar refractivity (Wildman–Crippen MR) is 120 cm³/mol. The zero-order chi connectivity index (χ0) is 22.0. The normalized spacial score (nSPS) is 24.4. The van der Waals surface area contributed by atoms with E-state index in [9.17, 15) is 14.4 Å². The molecule has 4 unspecified atom stereocenters. The fourth-order valence-electron chi connectivity index (χ4n) is 3.80. The summed E-state index contributed by atoms with van der Waals surface area (Å²) in [6.45, 7) is 7.95. The Balaban J connectivity index is 0.000000177. The Labute approximate surface area is 182 Å². The maximum absolute atomic E-state index is 11.6. The van der Waals surface area contributed by atoms with Gasteiger partial charge in [0.25, 0.3) is 0 Å². The number of para-hydroxylation sites is 1. The summed E-state index contributed by atoms with van der Waals surface area (Å²) in [7, 11) is 0. The monoisotopic (exact) mass is 426 g/mol. The lowest BCUT2D eigenvalue weighted by molar-refractivity contribution is -0.121. The molecule has 5 nitrogen and oxygen atoms in total. The van der Waals surface area contributed by atoms with Crippen LogP contribution in [0.4, 0.5) is 11.4 Å². The fraction of sp³-hybridized carbons (Fsp3) is 0.375. The van der Waals surface area contributed by atoms with Gasteiger partial charge in [0.05, 0.1) is 5.88 Å². The number of amides is 2. The summed E-state index contributed by atoms with van der Waals surface area (Å²) in [4.78, 5) is 34.6. The molecule has 0 radical (unpaired) electrons. The van der Waals surface area contributed by atoms with Crippen LogP contribution in [0.5, 0.6) is 0 Å². The minimum absolute atomic E-state index is 0.0188. The number of rotatable bonds is 2. The van der Waals surface area contributed by atoms with Gasteiger partial charge in [-0.1, -0.05) is 45.9 Å². The number of hydrogen-bond donors (Lipinski definition) is 2. The Hall–Kier alpha value is -2.66. The second-order valence-corrected chi connectivity index (χ2v) is 8.35. The number of alkyl halides is 1. The van der Waals surface area contributed by atoms with Crippen molar-refractivity contribution in [3.8, 4) is 0 Å². The van der Waals surface area contributed by atoms with Crippen molar-refractivity contribution >= 4 is 40.6 Å². The van der Waals surface area contributed by atoms with Gasteiger partial charge in [-0.05, 0) is 47.2 Å². The van der Waals surface area contributed by atoms with E-state index in [1.807, 2.05) is 45.0 Å². The summed E-state index contributed by atoms with van der Waals surface area (Å²) in [5.74, 6) is 0.485. The lowest BCUT2D eigenvalue weighted by atomic mass is 9.83. The number of fused-ring (bicyclic) bond motifs is 2. The van der Waals surface area contributed by atoms with Crippen LogP contribution in [0.1, 0.15) is 61.0 Å². The lowest BCUT2D eigenvalue weighted by Gasteiger charge is -2.28. The van der Waals surface area contributed by atoms with Gasteiger partial charge in [-0.2, -0.15) is 0 Å². The maximum Gasteiger partial charge on any atom is 0.227 e. The third-order valence-electron chi connectivity index (χ3n) is 6.28. The topological polar surface area (TPSA) is 75.3 Å². The van der Waals surface area contributed by atoms with Crippen molar-refractivity contribution in [1.29, 1.82) is 0 Å². The summed E-state index contributed by atoms with van der Waals surface area (Å²) in [5.41, 5.74) is 4.63. The molecule has 2 aromatic carbocycles. The molecule has 2 aliphatic rings. The number of hydrogen-bond acceptors (Lipinski definition) is 3. The first-order valence-corrected chi connectivity index (χ1v) is 10.7. The Morgan fingerprint density at radius 1 is 0.800 bits per heavy atom. The minimum Gasteiger partial charge on any atom is -0.326 e. The SMILES string of the molecule is CC1C(=O)Nc2ccc(C(=O)CCl)cc2C1C.CC1C(=O)Nc2ccccc2C1C. The maximum atomic E-state index is 11.6. The largest absolute Gasteiger partial charge is 0.326 e. The molecule has 4 rings (SSSR count). The van der Waals surface area contributed by atoms with E-state index in [1.54, 1.807) is 12.1 Å². The Morgan fingerprint density at radius 3 is 1.93 bits per heavy atom. The molecular formula is C24H27ClN2O3. The van der Waals surface area contributed by atoms with Gasteiger partial charge < -0.3 is 10.6 Å². The quantitative estimate of drug-likeness (QED) is 0.513. The van der Waals surface area contributed by atoms with Crippen LogP contribution < -0.4 is 10.6 Å². The molecule has 30 heavy (non-hydrogen) atoms. The van der Waals surface area contributed by atoms with E-state index in [4.69, 9.17) is 11.6 Å². The number of carbonyl (C=O) groups excluding carboxylic acids is 3. The van der Waals surface area contributed by atoms with E-state index in [-0.39, 0.29) is 41.2 Å². The number of benzene rings is 2. The van der Waals surface area contributed by atoms with Gasteiger partial charge in [-0.25, -0.2) is 0 Å². The van der Waals surface area contributed by atoms with Crippen molar-refractivity contribution in [2.45, 2.75) is 39.5 Å². The second kappa shape index (κ2) is 9.00. The number of anilines is 2. The van der Waals surface area contributed by atoms with Crippen LogP contribution in [0.15, 0.2) is 42.5 Å². The number of ketones is 1. The first kappa shape index (κ1) is 22.0. The predicted octanol–water partition coefficient (Wildman–Crippen LogP) is 5.18. The Kier molecular flexibility index (Phi) is 6.61. The first-order valence-electron chi connectivity index (χ1n) is 10.2. The number of carbonyl (C=O) groups is 3. The summed E-state index contributed by atoms with van der Waals surface area (Å²) < 4.78 is 0. The summed E-state index contributed by atoms with van der Waals surface area (Å²) in [6.07, 6.45) is 0. The number of nitrogens with one attached hydrogen (secondary N) is 2. The Bertz CT molecular complexity index is 988. The molecule has 0 aromatic heterocycles. The van der Waals surface area contributed by atoms with Crippen molar-refractivity contribution in [2.24, 2.45) is 11.8 Å². The van der Waals surface area contributed by atoms with Crippen LogP contribution in [-0.4, -0.2) is 23.5 Å². The van der Waals surface area contributed by atoms with Gasteiger partial charge in [-0.15, -0.1) is 11.6 Å². The van der Waals surface area contributed by atoms with Gasteiger partial charge in [0.1, 0.15) is 0 Å². The summed E-state index contributed by atoms with van der Waals surface area (Å²) in [6, 6.07) is 13.3. The van der Waals surface area contributed by atoms with Crippen LogP contribution in [0.25, 0.3) is 0 Å². The van der Waals surface area contributed by atoms with E-state index in [0.717, 1.165) is 16.9 Å². The van der Waals surface area contributed by atoms with Crippen LogP contribution in [-0.2, 0) is 9.59 Å². The molecule has 158 valence electrons. The Morgan fingerprint density at radius 2 is 1.33 bits per heavy atom. The highest BCUT2D eigenvalue weighted by molar-refractivity contribution is 6.30. The molecule has 0 saturated carbocycles. The standard InChI is InChI=1S/C13H14ClNO2.C11H13NO/c1-7-8(2)13(17)15-11-4-3-9(5-10(7)11)12(16)6-14;1-7-8(2)11(13)12-10-6-4-3-5-9(7)10/h3-5,7-8H,6H2,1-2H3,(H,15,17);3-8H,1-2H3,(H,12,13). The molecule has 0 fully saturated rings. The third kappa shape index (κ3) is 4.26. The van der Waals surface area contributed by atoms with E-state index < -0.39 is 0 Å². The molecule has 6 heteroatoms. The van der Waals surface area contributed by atoms with Gasteiger partial charge in [-0.3, -0.25) is 14.4 Å². The van der Waals surface area contributed by atoms with Crippen molar-refractivity contribution < 1.29 is 14.4 Å². The van der Waals surface area contributed by atoms with Gasteiger partial charge >= 0.3 is 0 Å². The van der Waals surface area contributed by atoms with Crippen molar-refractivity contribution in [3.63, 3.8) is 0 Å². The fourth-order valence-corrected chi connectivity index (χ4v) is 3.95. The van der Waals surface area contributed by atoms with Crippen LogP contribution in [0.2, 0.25) is 0 Å². The van der Waals surface area contributed by atoms with Gasteiger partial charge in [0.2, 0.25) is 11.8 Å². The molecule has 2 heterocycles. The molecule has 2 aromatic rings. The average molecular weight is 427 g/mol. The minimum atomic E-state index is -0.0915. The highest BCUT2D eigenvalue weighted by Crippen LogP contribution is 2.36.